The van der Waals surface area contributed by atoms with Gasteiger partial charge in [-0.3, -0.25) is 0 Å². The number of nitrogens with zero attached hydrogens (tertiary/aromatic N) is 1. The Hall–Kier alpha value is -0.670. The van der Waals surface area contributed by atoms with E-state index in [4.69, 9.17) is 11.6 Å². The van der Waals surface area contributed by atoms with E-state index in [1.165, 1.54) is 28.6 Å². The summed E-state index contributed by atoms with van der Waals surface area (Å²) in [7, 11) is -6.81. The molecule has 1 aliphatic heterocycles. The monoisotopic (exact) mass is 352 g/mol. The molecule has 1 aromatic rings. The van der Waals surface area contributed by atoms with E-state index in [0.29, 0.717) is 31.0 Å². The number of hydrogen-bond donors (Lipinski definition) is 1. The fourth-order valence-electron chi connectivity index (χ4n) is 2.21. The Morgan fingerprint density at radius 1 is 1.10 bits per heavy atom. The molecule has 1 fully saturated rings. The van der Waals surface area contributed by atoms with Gasteiger partial charge >= 0.3 is 0 Å². The van der Waals surface area contributed by atoms with Gasteiger partial charge in [0.25, 0.3) is 0 Å². The lowest BCUT2D eigenvalue weighted by Crippen LogP contribution is -2.46. The molecule has 1 aromatic carbocycles. The zero-order valence-corrected chi connectivity index (χ0v) is 13.9. The summed E-state index contributed by atoms with van der Waals surface area (Å²) in [6.07, 6.45) is 2.07. The van der Waals surface area contributed by atoms with Crippen LogP contribution in [0.4, 0.5) is 0 Å². The van der Waals surface area contributed by atoms with E-state index in [1.54, 1.807) is 0 Å². The van der Waals surface area contributed by atoms with Crippen molar-refractivity contribution in [3.8, 4) is 0 Å². The molecule has 1 heterocycles. The molecule has 21 heavy (non-hydrogen) atoms. The average molecular weight is 353 g/mol. The number of halogens is 1. The Labute approximate surface area is 130 Å². The molecule has 0 radical (unpaired) electrons. The highest BCUT2D eigenvalue weighted by molar-refractivity contribution is 7.89. The summed E-state index contributed by atoms with van der Waals surface area (Å²) in [6.45, 7) is 0.652. The van der Waals surface area contributed by atoms with Gasteiger partial charge in [0.1, 0.15) is 0 Å². The summed E-state index contributed by atoms with van der Waals surface area (Å²) in [5.41, 5.74) is 0. The first-order valence-electron chi connectivity index (χ1n) is 6.41. The van der Waals surface area contributed by atoms with Crippen LogP contribution in [-0.2, 0) is 20.0 Å². The molecule has 1 saturated heterocycles. The van der Waals surface area contributed by atoms with Gasteiger partial charge in [-0.25, -0.2) is 25.9 Å². The van der Waals surface area contributed by atoms with Gasteiger partial charge in [-0.15, -0.1) is 0 Å². The number of piperidine rings is 1. The number of sulfonamides is 2. The molecule has 1 aliphatic rings. The quantitative estimate of drug-likeness (QED) is 0.877. The molecule has 2 rings (SSSR count). The first-order chi connectivity index (χ1) is 9.68. The molecule has 0 aromatic heterocycles. The van der Waals surface area contributed by atoms with E-state index in [1.807, 2.05) is 0 Å². The van der Waals surface area contributed by atoms with Crippen LogP contribution >= 0.6 is 11.6 Å². The molecule has 0 atom stereocenters. The maximum absolute atomic E-state index is 12.2. The van der Waals surface area contributed by atoms with Crippen molar-refractivity contribution in [3.63, 3.8) is 0 Å². The van der Waals surface area contributed by atoms with Gasteiger partial charge in [0.05, 0.1) is 11.2 Å². The van der Waals surface area contributed by atoms with Crippen LogP contribution in [0.2, 0.25) is 5.02 Å². The zero-order valence-electron chi connectivity index (χ0n) is 11.5. The van der Waals surface area contributed by atoms with Crippen LogP contribution < -0.4 is 4.72 Å². The number of hydrogen-bond acceptors (Lipinski definition) is 4. The van der Waals surface area contributed by atoms with Crippen molar-refractivity contribution in [1.82, 2.24) is 9.03 Å². The van der Waals surface area contributed by atoms with E-state index >= 15 is 0 Å². The summed E-state index contributed by atoms with van der Waals surface area (Å²) >= 11 is 5.73. The topological polar surface area (TPSA) is 83.6 Å². The van der Waals surface area contributed by atoms with Gasteiger partial charge in [-0.2, -0.15) is 0 Å². The summed E-state index contributed by atoms with van der Waals surface area (Å²) in [6, 6.07) is 5.65. The van der Waals surface area contributed by atoms with E-state index in [9.17, 15) is 16.8 Å². The SMILES string of the molecule is CS(=O)(=O)N1CCC(NS(=O)(=O)c2ccc(Cl)cc2)CC1. The molecule has 0 aliphatic carbocycles. The van der Waals surface area contributed by atoms with Crippen LogP contribution in [0.15, 0.2) is 29.2 Å². The molecule has 118 valence electrons. The maximum Gasteiger partial charge on any atom is 0.240 e. The van der Waals surface area contributed by atoms with Gasteiger partial charge in [0, 0.05) is 24.2 Å². The minimum atomic E-state index is -3.61. The third-order valence-electron chi connectivity index (χ3n) is 3.37. The van der Waals surface area contributed by atoms with Crippen LogP contribution in [0.1, 0.15) is 12.8 Å². The van der Waals surface area contributed by atoms with Crippen molar-refractivity contribution in [1.29, 1.82) is 0 Å². The molecule has 6 nitrogen and oxygen atoms in total. The van der Waals surface area contributed by atoms with E-state index in [0.717, 1.165) is 6.26 Å². The number of benzene rings is 1. The van der Waals surface area contributed by atoms with Crippen molar-refractivity contribution in [3.05, 3.63) is 29.3 Å². The number of rotatable bonds is 4. The van der Waals surface area contributed by atoms with Gasteiger partial charge in [-0.1, -0.05) is 11.6 Å². The predicted molar refractivity (Wildman–Crippen MR) is 81.2 cm³/mol. The maximum atomic E-state index is 12.2. The van der Waals surface area contributed by atoms with Gasteiger partial charge < -0.3 is 0 Å². The van der Waals surface area contributed by atoms with Gasteiger partial charge in [0.15, 0.2) is 0 Å². The molecule has 0 amide bonds. The second-order valence-corrected chi connectivity index (χ2v) is 9.14. The van der Waals surface area contributed by atoms with Crippen molar-refractivity contribution >= 4 is 31.6 Å². The lowest BCUT2D eigenvalue weighted by Gasteiger charge is -2.30. The minimum Gasteiger partial charge on any atom is -0.213 e. The van der Waals surface area contributed by atoms with E-state index in [2.05, 4.69) is 4.72 Å². The van der Waals surface area contributed by atoms with Crippen LogP contribution in [0.25, 0.3) is 0 Å². The summed E-state index contributed by atoms with van der Waals surface area (Å²) in [5.74, 6) is 0. The van der Waals surface area contributed by atoms with Crippen molar-refractivity contribution in [2.45, 2.75) is 23.8 Å². The van der Waals surface area contributed by atoms with Crippen LogP contribution in [-0.4, -0.2) is 46.5 Å². The fourth-order valence-corrected chi connectivity index (χ4v) is 4.51. The lowest BCUT2D eigenvalue weighted by atomic mass is 10.1. The Balaban J connectivity index is 2.01. The van der Waals surface area contributed by atoms with Crippen LogP contribution in [0.5, 0.6) is 0 Å². The van der Waals surface area contributed by atoms with Crippen LogP contribution in [0.3, 0.4) is 0 Å². The first kappa shape index (κ1) is 16.7. The van der Waals surface area contributed by atoms with Gasteiger partial charge in [0.2, 0.25) is 20.0 Å². The Morgan fingerprint density at radius 2 is 1.62 bits per heavy atom. The lowest BCUT2D eigenvalue weighted by molar-refractivity contribution is 0.310. The summed E-state index contributed by atoms with van der Waals surface area (Å²) in [4.78, 5) is 0.150. The van der Waals surface area contributed by atoms with Crippen molar-refractivity contribution < 1.29 is 16.8 Å². The summed E-state index contributed by atoms with van der Waals surface area (Å²) in [5, 5.41) is 0.468. The smallest absolute Gasteiger partial charge is 0.213 e. The Bertz CT molecular complexity index is 693. The normalized spacial score (nSPS) is 18.8. The molecule has 9 heteroatoms. The standard InChI is InChI=1S/C12H17ClN2O4S2/c1-20(16,17)15-8-6-11(7-9-15)14-21(18,19)12-4-2-10(13)3-5-12/h2-5,11,14H,6-9H2,1H3. The summed E-state index contributed by atoms with van der Waals surface area (Å²) < 4.78 is 51.2. The van der Waals surface area contributed by atoms with Crippen LogP contribution in [0, 0.1) is 0 Å². The molecule has 0 unspecified atom stereocenters. The molecule has 0 spiro atoms. The fraction of sp³-hybridized carbons (Fsp3) is 0.500. The highest BCUT2D eigenvalue weighted by Gasteiger charge is 2.28. The third kappa shape index (κ3) is 4.40. The van der Waals surface area contributed by atoms with E-state index in [-0.39, 0.29) is 10.9 Å². The predicted octanol–water partition coefficient (Wildman–Crippen LogP) is 1.04. The molecule has 0 bridgehead atoms. The van der Waals surface area contributed by atoms with Crippen molar-refractivity contribution in [2.75, 3.05) is 19.3 Å². The second kappa shape index (κ2) is 6.21. The first-order valence-corrected chi connectivity index (χ1v) is 10.1. The zero-order chi connectivity index (χ0) is 15.7. The van der Waals surface area contributed by atoms with Crippen molar-refractivity contribution in [2.24, 2.45) is 0 Å². The largest absolute Gasteiger partial charge is 0.240 e. The second-order valence-electron chi connectivity index (χ2n) is 5.01. The minimum absolute atomic E-state index is 0.150. The number of nitrogens with one attached hydrogen (secondary N) is 1. The van der Waals surface area contributed by atoms with E-state index < -0.39 is 20.0 Å². The van der Waals surface area contributed by atoms with Gasteiger partial charge in [-0.05, 0) is 37.1 Å². The Kier molecular flexibility index (Phi) is 4.94. The molecule has 0 saturated carbocycles. The molecule has 1 N–H and O–H groups in total. The molecular formula is C12H17ClN2O4S2. The Morgan fingerprint density at radius 3 is 2.10 bits per heavy atom. The third-order valence-corrected chi connectivity index (χ3v) is 6.46. The average Bonchev–Trinajstić information content (AvgIpc) is 2.38. The highest BCUT2D eigenvalue weighted by atomic mass is 35.5. The molecular weight excluding hydrogens is 336 g/mol. The highest BCUT2D eigenvalue weighted by Crippen LogP contribution is 2.18.